The average Bonchev–Trinajstić information content (AvgIpc) is 2.89. The molecule has 0 aliphatic carbocycles. The molecule has 3 rings (SSSR count). The number of sulfonamides is 1. The monoisotopic (exact) mass is 369 g/mol. The second-order valence-corrected chi connectivity index (χ2v) is 10.4. The van der Waals surface area contributed by atoms with E-state index in [1.54, 1.807) is 6.92 Å². The number of benzene rings is 1. The zero-order valence-corrected chi connectivity index (χ0v) is 14.2. The third-order valence-electron chi connectivity index (χ3n) is 4.06. The minimum absolute atomic E-state index is 0.00728. The molecule has 116 valence electrons. The molecule has 0 N–H and O–H groups in total. The fraction of sp³-hybridized carbons (Fsp3) is 0.500. The van der Waals surface area contributed by atoms with E-state index in [-0.39, 0.29) is 22.2 Å². The lowest BCUT2D eigenvalue weighted by Crippen LogP contribution is -2.44. The van der Waals surface area contributed by atoms with Crippen LogP contribution in [0.5, 0.6) is 0 Å². The zero-order chi connectivity index (χ0) is 15.6. The summed E-state index contributed by atoms with van der Waals surface area (Å²) in [6, 6.07) is 2.34. The van der Waals surface area contributed by atoms with Crippen molar-refractivity contribution in [3.05, 3.63) is 27.7 Å². The maximum absolute atomic E-state index is 12.7. The minimum Gasteiger partial charge on any atom is -0.228 e. The van der Waals surface area contributed by atoms with Crippen LogP contribution >= 0.6 is 23.2 Å². The van der Waals surface area contributed by atoms with Crippen molar-refractivity contribution in [2.24, 2.45) is 0 Å². The Morgan fingerprint density at radius 1 is 1.24 bits per heavy atom. The Hall–Kier alpha value is -0.340. The van der Waals surface area contributed by atoms with Crippen LogP contribution in [0.15, 0.2) is 17.0 Å². The fourth-order valence-electron chi connectivity index (χ4n) is 2.91. The first-order valence-electron chi connectivity index (χ1n) is 6.32. The van der Waals surface area contributed by atoms with Gasteiger partial charge in [0.2, 0.25) is 10.0 Å². The minimum atomic E-state index is -3.81. The number of nitrogens with zero attached hydrogens (tertiary/aromatic N) is 1. The average molecular weight is 370 g/mol. The number of halogens is 2. The van der Waals surface area contributed by atoms with E-state index in [2.05, 4.69) is 0 Å². The highest BCUT2D eigenvalue weighted by Gasteiger charge is 2.52. The van der Waals surface area contributed by atoms with Crippen LogP contribution in [0.2, 0.25) is 10.0 Å². The van der Waals surface area contributed by atoms with Gasteiger partial charge in [-0.15, -0.1) is 0 Å². The van der Waals surface area contributed by atoms with Gasteiger partial charge in [0, 0.05) is 17.6 Å². The van der Waals surface area contributed by atoms with Gasteiger partial charge in [0.15, 0.2) is 9.84 Å². The smallest absolute Gasteiger partial charge is 0.228 e. The Morgan fingerprint density at radius 2 is 1.90 bits per heavy atom. The van der Waals surface area contributed by atoms with Crippen molar-refractivity contribution in [2.45, 2.75) is 29.5 Å². The lowest BCUT2D eigenvalue weighted by Gasteiger charge is -2.26. The number of fused-ring (bicyclic) bond motifs is 2. The van der Waals surface area contributed by atoms with Gasteiger partial charge in [0.1, 0.15) is 4.90 Å². The van der Waals surface area contributed by atoms with Crippen molar-refractivity contribution in [3.8, 4) is 0 Å². The Labute approximate surface area is 133 Å². The third-order valence-corrected chi connectivity index (χ3v) is 9.06. The van der Waals surface area contributed by atoms with Crippen molar-refractivity contribution in [3.63, 3.8) is 0 Å². The van der Waals surface area contributed by atoms with E-state index >= 15 is 0 Å². The van der Waals surface area contributed by atoms with E-state index in [1.165, 1.54) is 16.4 Å². The number of aryl methyl sites for hydroxylation is 1. The van der Waals surface area contributed by atoms with Gasteiger partial charge >= 0.3 is 0 Å². The molecule has 0 radical (unpaired) electrons. The second-order valence-electron chi connectivity index (χ2n) is 5.45. The lowest BCUT2D eigenvalue weighted by molar-refractivity contribution is 0.402. The third kappa shape index (κ3) is 2.39. The van der Waals surface area contributed by atoms with Crippen molar-refractivity contribution in [1.29, 1.82) is 0 Å². The van der Waals surface area contributed by atoms with E-state index < -0.39 is 31.2 Å². The predicted octanol–water partition coefficient (Wildman–Crippen LogP) is 1.86. The molecule has 2 bridgehead atoms. The summed E-state index contributed by atoms with van der Waals surface area (Å²) >= 11 is 11.9. The highest BCUT2D eigenvalue weighted by Crippen LogP contribution is 2.39. The molecule has 2 unspecified atom stereocenters. The largest absolute Gasteiger partial charge is 0.244 e. The topological polar surface area (TPSA) is 71.5 Å². The molecule has 1 aromatic rings. The van der Waals surface area contributed by atoms with E-state index in [9.17, 15) is 16.8 Å². The first-order valence-corrected chi connectivity index (χ1v) is 10.2. The number of sulfone groups is 1. The van der Waals surface area contributed by atoms with Crippen LogP contribution in [0.25, 0.3) is 0 Å². The Balaban J connectivity index is 2.02. The summed E-state index contributed by atoms with van der Waals surface area (Å²) in [4.78, 5) is -0.0176. The van der Waals surface area contributed by atoms with Gasteiger partial charge < -0.3 is 0 Å². The van der Waals surface area contributed by atoms with E-state index in [0.29, 0.717) is 17.0 Å². The van der Waals surface area contributed by atoms with Crippen LogP contribution in [0, 0.1) is 6.92 Å². The maximum Gasteiger partial charge on any atom is 0.244 e. The number of hydrogen-bond donors (Lipinski definition) is 0. The summed E-state index contributed by atoms with van der Waals surface area (Å²) in [5.74, 6) is -0.110. The first-order chi connectivity index (χ1) is 9.63. The van der Waals surface area contributed by atoms with E-state index in [4.69, 9.17) is 23.2 Å². The SMILES string of the molecule is Cc1cc(S(=O)(=O)N2CC3CC2CS3(=O)=O)c(Cl)cc1Cl. The summed E-state index contributed by atoms with van der Waals surface area (Å²) in [5.41, 5.74) is 0.608. The summed E-state index contributed by atoms with van der Waals surface area (Å²) in [6.07, 6.45) is 0.367. The molecule has 0 amide bonds. The molecule has 21 heavy (non-hydrogen) atoms. The highest BCUT2D eigenvalue weighted by atomic mass is 35.5. The van der Waals surface area contributed by atoms with Crippen LogP contribution in [-0.2, 0) is 19.9 Å². The van der Waals surface area contributed by atoms with Gasteiger partial charge in [-0.25, -0.2) is 16.8 Å². The molecule has 1 aromatic carbocycles. The molecule has 0 spiro atoms. The molecule has 0 aromatic heterocycles. The Morgan fingerprint density at radius 3 is 2.43 bits per heavy atom. The van der Waals surface area contributed by atoms with Crippen molar-refractivity contribution in [1.82, 2.24) is 4.31 Å². The molecule has 2 heterocycles. The molecular formula is C12H13Cl2NO4S2. The van der Waals surface area contributed by atoms with Gasteiger partial charge in [-0.3, -0.25) is 0 Å². The predicted molar refractivity (Wildman–Crippen MR) is 81.1 cm³/mol. The maximum atomic E-state index is 12.7. The fourth-order valence-corrected chi connectivity index (χ4v) is 7.62. The van der Waals surface area contributed by atoms with Gasteiger partial charge in [0.05, 0.1) is 16.0 Å². The van der Waals surface area contributed by atoms with E-state index in [1.807, 2.05) is 0 Å². The Kier molecular flexibility index (Phi) is 3.57. The van der Waals surface area contributed by atoms with Crippen LogP contribution in [0.4, 0.5) is 0 Å². The van der Waals surface area contributed by atoms with E-state index in [0.717, 1.165) is 0 Å². The molecule has 2 aliphatic heterocycles. The molecule has 2 atom stereocenters. The van der Waals surface area contributed by atoms with Crippen LogP contribution < -0.4 is 0 Å². The number of rotatable bonds is 2. The quantitative estimate of drug-likeness (QED) is 0.797. The van der Waals surface area contributed by atoms with Gasteiger partial charge in [0.25, 0.3) is 0 Å². The molecule has 2 fully saturated rings. The highest BCUT2D eigenvalue weighted by molar-refractivity contribution is 7.93. The van der Waals surface area contributed by atoms with Crippen molar-refractivity contribution < 1.29 is 16.8 Å². The second kappa shape index (κ2) is 4.83. The molecule has 5 nitrogen and oxygen atoms in total. The molecule has 0 saturated carbocycles. The molecular weight excluding hydrogens is 357 g/mol. The first kappa shape index (κ1) is 15.6. The summed E-state index contributed by atoms with van der Waals surface area (Å²) < 4.78 is 50.2. The summed E-state index contributed by atoms with van der Waals surface area (Å²) in [6.45, 7) is 1.70. The lowest BCUT2D eigenvalue weighted by atomic mass is 10.2. The van der Waals surface area contributed by atoms with Gasteiger partial charge in [-0.05, 0) is 31.0 Å². The summed E-state index contributed by atoms with van der Waals surface area (Å²) in [7, 11) is -6.96. The standard InChI is InChI=1S/C12H13Cl2NO4S2/c1-7-2-12(11(14)4-10(7)13)21(18,19)15-5-9-3-8(15)6-20(9,16)17/h2,4,8-9H,3,5-6H2,1H3. The summed E-state index contributed by atoms with van der Waals surface area (Å²) in [5, 5.41) is -0.148. The van der Waals surface area contributed by atoms with Gasteiger partial charge in [-0.2, -0.15) is 4.31 Å². The van der Waals surface area contributed by atoms with Crippen molar-refractivity contribution in [2.75, 3.05) is 12.3 Å². The van der Waals surface area contributed by atoms with Gasteiger partial charge in [-0.1, -0.05) is 23.2 Å². The van der Waals surface area contributed by atoms with Crippen LogP contribution in [-0.4, -0.2) is 44.7 Å². The number of hydrogen-bond acceptors (Lipinski definition) is 4. The Bertz CT molecular complexity index is 820. The molecule has 9 heteroatoms. The van der Waals surface area contributed by atoms with Crippen molar-refractivity contribution >= 4 is 43.1 Å². The molecule has 2 aliphatic rings. The molecule has 2 saturated heterocycles. The zero-order valence-electron chi connectivity index (χ0n) is 11.1. The normalized spacial score (nSPS) is 28.1. The van der Waals surface area contributed by atoms with Crippen LogP contribution in [0.1, 0.15) is 12.0 Å². The van der Waals surface area contributed by atoms with Crippen LogP contribution in [0.3, 0.4) is 0 Å².